The normalized spacial score (nSPS) is 11.9. The number of nitrogens with one attached hydrogen (secondary N) is 1. The van der Waals surface area contributed by atoms with Gasteiger partial charge in [-0.1, -0.05) is 6.07 Å². The second kappa shape index (κ2) is 7.66. The maximum absolute atomic E-state index is 12.9. The van der Waals surface area contributed by atoms with Gasteiger partial charge in [0.15, 0.2) is 0 Å². The molecule has 0 heterocycles. The van der Waals surface area contributed by atoms with E-state index in [9.17, 15) is 9.18 Å². The summed E-state index contributed by atoms with van der Waals surface area (Å²) in [6.45, 7) is 2.57. The van der Waals surface area contributed by atoms with Crippen molar-refractivity contribution in [2.75, 3.05) is 20.3 Å². The Labute approximate surface area is 106 Å². The van der Waals surface area contributed by atoms with Crippen LogP contribution in [0.2, 0.25) is 0 Å². The fraction of sp³-hybridized carbons (Fsp3) is 0.462. The molecule has 0 saturated heterocycles. The molecule has 0 aliphatic rings. The predicted molar refractivity (Wildman–Crippen MR) is 66.0 cm³/mol. The zero-order valence-corrected chi connectivity index (χ0v) is 10.6. The van der Waals surface area contributed by atoms with Crippen molar-refractivity contribution in [1.29, 1.82) is 0 Å². The van der Waals surface area contributed by atoms with E-state index in [1.807, 2.05) is 6.92 Å². The number of halogens is 1. The molecular weight excluding hydrogens is 237 g/mol. The maximum atomic E-state index is 12.9. The highest BCUT2D eigenvalue weighted by molar-refractivity contribution is 5.75. The number of hydrogen-bond donors (Lipinski definition) is 1. The fourth-order valence-electron chi connectivity index (χ4n) is 1.35. The summed E-state index contributed by atoms with van der Waals surface area (Å²) in [7, 11) is 1.54. The highest BCUT2D eigenvalue weighted by Gasteiger charge is 2.07. The number of rotatable bonds is 7. The smallest absolute Gasteiger partial charge is 0.222 e. The van der Waals surface area contributed by atoms with Crippen LogP contribution in [0.3, 0.4) is 0 Å². The largest absolute Gasteiger partial charge is 0.489 e. The lowest BCUT2D eigenvalue weighted by Crippen LogP contribution is -2.33. The van der Waals surface area contributed by atoms with E-state index in [0.717, 1.165) is 0 Å². The molecule has 1 aromatic rings. The number of benzene rings is 1. The molecule has 0 radical (unpaired) electrons. The summed E-state index contributed by atoms with van der Waals surface area (Å²) in [5, 5.41) is 2.71. The lowest BCUT2D eigenvalue weighted by atomic mass is 10.3. The SMILES string of the molecule is COCCC(=O)NC[C@H](C)Oc1cccc(F)c1. The summed E-state index contributed by atoms with van der Waals surface area (Å²) in [6, 6.07) is 5.91. The molecule has 5 heteroatoms. The predicted octanol–water partition coefficient (Wildman–Crippen LogP) is 1.75. The number of methoxy groups -OCH3 is 1. The molecular formula is C13H18FNO3. The van der Waals surface area contributed by atoms with E-state index in [4.69, 9.17) is 9.47 Å². The first kappa shape index (κ1) is 14.4. The molecule has 0 bridgehead atoms. The Balaban J connectivity index is 2.29. The molecule has 1 rings (SSSR count). The van der Waals surface area contributed by atoms with Crippen molar-refractivity contribution in [3.8, 4) is 5.75 Å². The van der Waals surface area contributed by atoms with Crippen molar-refractivity contribution in [3.05, 3.63) is 30.1 Å². The van der Waals surface area contributed by atoms with E-state index in [1.54, 1.807) is 19.2 Å². The summed E-state index contributed by atoms with van der Waals surface area (Å²) in [5.74, 6) is 0.0176. The van der Waals surface area contributed by atoms with Crippen LogP contribution in [0.1, 0.15) is 13.3 Å². The van der Waals surface area contributed by atoms with E-state index < -0.39 is 0 Å². The number of hydrogen-bond acceptors (Lipinski definition) is 3. The van der Waals surface area contributed by atoms with E-state index in [-0.39, 0.29) is 17.8 Å². The first-order valence-corrected chi connectivity index (χ1v) is 5.79. The summed E-state index contributed by atoms with van der Waals surface area (Å²) >= 11 is 0. The van der Waals surface area contributed by atoms with Gasteiger partial charge in [0.1, 0.15) is 17.7 Å². The molecule has 0 unspecified atom stereocenters. The first-order chi connectivity index (χ1) is 8.61. The molecule has 100 valence electrons. The van der Waals surface area contributed by atoms with Crippen LogP contribution >= 0.6 is 0 Å². The second-order valence-electron chi connectivity index (χ2n) is 3.93. The van der Waals surface area contributed by atoms with Crippen molar-refractivity contribution < 1.29 is 18.7 Å². The van der Waals surface area contributed by atoms with Gasteiger partial charge in [-0.2, -0.15) is 0 Å². The lowest BCUT2D eigenvalue weighted by molar-refractivity contribution is -0.122. The Morgan fingerprint density at radius 1 is 1.50 bits per heavy atom. The van der Waals surface area contributed by atoms with Crippen molar-refractivity contribution in [3.63, 3.8) is 0 Å². The topological polar surface area (TPSA) is 47.6 Å². The van der Waals surface area contributed by atoms with Crippen LogP contribution in [0.25, 0.3) is 0 Å². The number of carbonyl (C=O) groups excluding carboxylic acids is 1. The average molecular weight is 255 g/mol. The van der Waals surface area contributed by atoms with Crippen molar-refractivity contribution >= 4 is 5.91 Å². The number of carbonyl (C=O) groups is 1. The monoisotopic (exact) mass is 255 g/mol. The molecule has 1 atom stereocenters. The molecule has 0 spiro atoms. The van der Waals surface area contributed by atoms with Gasteiger partial charge >= 0.3 is 0 Å². The molecule has 0 aromatic heterocycles. The molecule has 0 fully saturated rings. The first-order valence-electron chi connectivity index (χ1n) is 5.79. The fourth-order valence-corrected chi connectivity index (χ4v) is 1.35. The Kier molecular flexibility index (Phi) is 6.14. The molecule has 1 N–H and O–H groups in total. The molecule has 18 heavy (non-hydrogen) atoms. The van der Waals surface area contributed by atoms with Crippen molar-refractivity contribution in [2.24, 2.45) is 0 Å². The third kappa shape index (κ3) is 5.63. The Bertz CT molecular complexity index is 384. The van der Waals surface area contributed by atoms with Gasteiger partial charge in [0.05, 0.1) is 13.2 Å². The second-order valence-corrected chi connectivity index (χ2v) is 3.93. The van der Waals surface area contributed by atoms with E-state index in [1.165, 1.54) is 12.1 Å². The lowest BCUT2D eigenvalue weighted by Gasteiger charge is -2.15. The molecule has 1 amide bonds. The van der Waals surface area contributed by atoms with Crippen LogP contribution in [0.5, 0.6) is 5.75 Å². The Hall–Kier alpha value is -1.62. The molecule has 0 aliphatic heterocycles. The third-order valence-corrected chi connectivity index (χ3v) is 2.25. The standard InChI is InChI=1S/C13H18FNO3/c1-10(9-15-13(16)6-7-17-2)18-12-5-3-4-11(14)8-12/h3-5,8,10H,6-7,9H2,1-2H3,(H,15,16)/t10-/m0/s1. The molecule has 4 nitrogen and oxygen atoms in total. The van der Waals surface area contributed by atoms with E-state index in [2.05, 4.69) is 5.32 Å². The molecule has 1 aromatic carbocycles. The quantitative estimate of drug-likeness (QED) is 0.807. The average Bonchev–Trinajstić information content (AvgIpc) is 2.34. The number of amides is 1. The van der Waals surface area contributed by atoms with Crippen LogP contribution in [-0.4, -0.2) is 32.3 Å². The minimum absolute atomic E-state index is 0.0912. The summed E-state index contributed by atoms with van der Waals surface area (Å²) in [4.78, 5) is 11.3. The third-order valence-electron chi connectivity index (χ3n) is 2.25. The zero-order valence-electron chi connectivity index (χ0n) is 10.6. The molecule has 0 aliphatic carbocycles. The number of ether oxygens (including phenoxy) is 2. The maximum Gasteiger partial charge on any atom is 0.222 e. The van der Waals surface area contributed by atoms with E-state index in [0.29, 0.717) is 25.3 Å². The highest BCUT2D eigenvalue weighted by Crippen LogP contribution is 2.13. The van der Waals surface area contributed by atoms with Gasteiger partial charge < -0.3 is 14.8 Å². The van der Waals surface area contributed by atoms with Gasteiger partial charge in [0, 0.05) is 19.6 Å². The minimum Gasteiger partial charge on any atom is -0.489 e. The van der Waals surface area contributed by atoms with Gasteiger partial charge in [0.25, 0.3) is 0 Å². The summed E-state index contributed by atoms with van der Waals surface area (Å²) in [5.41, 5.74) is 0. The van der Waals surface area contributed by atoms with E-state index >= 15 is 0 Å². The van der Waals surface area contributed by atoms with Crippen molar-refractivity contribution in [1.82, 2.24) is 5.32 Å². The Morgan fingerprint density at radius 2 is 2.28 bits per heavy atom. The van der Waals surface area contributed by atoms with Gasteiger partial charge in [-0.25, -0.2) is 4.39 Å². The summed E-state index contributed by atoms with van der Waals surface area (Å²) < 4.78 is 23.2. The van der Waals surface area contributed by atoms with Gasteiger partial charge in [0.2, 0.25) is 5.91 Å². The summed E-state index contributed by atoms with van der Waals surface area (Å²) in [6.07, 6.45) is 0.0988. The van der Waals surface area contributed by atoms with Gasteiger partial charge in [-0.05, 0) is 19.1 Å². The van der Waals surface area contributed by atoms with Crippen LogP contribution in [0.15, 0.2) is 24.3 Å². The van der Waals surface area contributed by atoms with Crippen LogP contribution in [0, 0.1) is 5.82 Å². The van der Waals surface area contributed by atoms with Crippen LogP contribution < -0.4 is 10.1 Å². The van der Waals surface area contributed by atoms with Gasteiger partial charge in [-0.15, -0.1) is 0 Å². The van der Waals surface area contributed by atoms with Gasteiger partial charge in [-0.3, -0.25) is 4.79 Å². The van der Waals surface area contributed by atoms with Crippen LogP contribution in [-0.2, 0) is 9.53 Å². The Morgan fingerprint density at radius 3 is 2.94 bits per heavy atom. The van der Waals surface area contributed by atoms with Crippen molar-refractivity contribution in [2.45, 2.75) is 19.4 Å². The van der Waals surface area contributed by atoms with Crippen LogP contribution in [0.4, 0.5) is 4.39 Å². The minimum atomic E-state index is -0.344. The molecule has 0 saturated carbocycles. The zero-order chi connectivity index (χ0) is 13.4. The highest BCUT2D eigenvalue weighted by atomic mass is 19.1.